The number of aryl methyl sites for hydroxylation is 1. The largest absolute Gasteiger partial charge is 0.466 e. The molecule has 0 aromatic heterocycles. The highest BCUT2D eigenvalue weighted by Gasteiger charge is 2.61. The highest BCUT2D eigenvalue weighted by Crippen LogP contribution is 2.35. The Bertz CT molecular complexity index is 822. The van der Waals surface area contributed by atoms with Gasteiger partial charge in [0.25, 0.3) is 0 Å². The number of esters is 1. The molecule has 1 unspecified atom stereocenters. The third-order valence-corrected chi connectivity index (χ3v) is 6.40. The second-order valence-electron chi connectivity index (χ2n) is 9.29. The molecule has 8 nitrogen and oxygen atoms in total. The van der Waals surface area contributed by atoms with Gasteiger partial charge in [-0.2, -0.15) is 11.8 Å². The van der Waals surface area contributed by atoms with Crippen LogP contribution in [0.15, 0.2) is 30.3 Å². The minimum absolute atomic E-state index is 0.0194. The maximum absolute atomic E-state index is 13.8. The summed E-state index contributed by atoms with van der Waals surface area (Å²) in [5.74, 6) is -0.860. The molecule has 0 aliphatic carbocycles. The van der Waals surface area contributed by atoms with Crippen molar-refractivity contribution in [3.63, 3.8) is 0 Å². The maximum atomic E-state index is 13.8. The number of imide groups is 1. The molecule has 2 rings (SSSR count). The van der Waals surface area contributed by atoms with E-state index in [1.54, 1.807) is 20.8 Å². The van der Waals surface area contributed by atoms with E-state index in [2.05, 4.69) is 0 Å². The summed E-state index contributed by atoms with van der Waals surface area (Å²) in [5.41, 5.74) is -1.69. The average molecular weight is 495 g/mol. The fourth-order valence-corrected chi connectivity index (χ4v) is 4.97. The zero-order chi connectivity index (χ0) is 25.4. The van der Waals surface area contributed by atoms with Gasteiger partial charge in [0.15, 0.2) is 0 Å². The van der Waals surface area contributed by atoms with Crippen molar-refractivity contribution in [2.45, 2.75) is 63.8 Å². The number of hydrogen-bond donors (Lipinski definition) is 0. The first-order chi connectivity index (χ1) is 16.1. The fourth-order valence-electron chi connectivity index (χ4n) is 4.30. The molecule has 0 bridgehead atoms. The van der Waals surface area contributed by atoms with Crippen LogP contribution in [0.2, 0.25) is 0 Å². The van der Waals surface area contributed by atoms with E-state index in [9.17, 15) is 14.4 Å². The Kier molecular flexibility index (Phi) is 10.4. The molecule has 1 aliphatic rings. The van der Waals surface area contributed by atoms with Crippen molar-refractivity contribution in [1.29, 1.82) is 0 Å². The maximum Gasteiger partial charge on any atom is 0.419 e. The van der Waals surface area contributed by atoms with Gasteiger partial charge in [0, 0.05) is 32.4 Å². The van der Waals surface area contributed by atoms with Gasteiger partial charge in [0.1, 0.15) is 11.7 Å². The number of methoxy groups -OCH3 is 2. The van der Waals surface area contributed by atoms with Crippen molar-refractivity contribution >= 4 is 29.7 Å². The van der Waals surface area contributed by atoms with E-state index in [1.165, 1.54) is 26.0 Å². The minimum Gasteiger partial charge on any atom is -0.466 e. The summed E-state index contributed by atoms with van der Waals surface area (Å²) in [6.07, 6.45) is 2.27. The average Bonchev–Trinajstić information content (AvgIpc) is 3.33. The van der Waals surface area contributed by atoms with E-state index in [0.717, 1.165) is 23.3 Å². The summed E-state index contributed by atoms with van der Waals surface area (Å²) in [7, 11) is 2.75. The van der Waals surface area contributed by atoms with E-state index >= 15 is 0 Å². The molecule has 0 spiro atoms. The van der Waals surface area contributed by atoms with Crippen molar-refractivity contribution in [2.75, 3.05) is 39.3 Å². The second kappa shape index (κ2) is 12.6. The standard InChI is InChI=1S/C25H38N2O6S/c1-24(2,3)33-23(30)27(21(28)15-14-19-12-8-7-9-13-19)25(22(29)32-5,20(31-4)18-34-6)26-16-10-11-17-26/h7-9,12-13,20H,10-11,14-18H2,1-6H3/t20?,25-/m0/s1. The lowest BCUT2D eigenvalue weighted by atomic mass is 9.97. The number of likely N-dealkylation sites (tertiary alicyclic amines) is 1. The van der Waals surface area contributed by atoms with Crippen LogP contribution in [-0.2, 0) is 30.2 Å². The van der Waals surface area contributed by atoms with Gasteiger partial charge in [0.05, 0.1) is 7.11 Å². The summed E-state index contributed by atoms with van der Waals surface area (Å²) < 4.78 is 16.7. The Hall–Kier alpha value is -2.10. The number of rotatable bonds is 10. The molecule has 1 aliphatic heterocycles. The van der Waals surface area contributed by atoms with Crippen LogP contribution < -0.4 is 0 Å². The number of hydrogen-bond acceptors (Lipinski definition) is 8. The molecule has 0 radical (unpaired) electrons. The van der Waals surface area contributed by atoms with Crippen molar-refractivity contribution < 1.29 is 28.6 Å². The lowest BCUT2D eigenvalue weighted by molar-refractivity contribution is -0.191. The third-order valence-electron chi connectivity index (χ3n) is 5.76. The Labute approximate surface area is 207 Å². The van der Waals surface area contributed by atoms with Crippen molar-refractivity contribution in [3.8, 4) is 0 Å². The first-order valence-corrected chi connectivity index (χ1v) is 13.0. The van der Waals surface area contributed by atoms with E-state index in [0.29, 0.717) is 25.3 Å². The number of nitrogens with zero attached hydrogens (tertiary/aromatic N) is 2. The fraction of sp³-hybridized carbons (Fsp3) is 0.640. The van der Waals surface area contributed by atoms with Crippen molar-refractivity contribution in [2.24, 2.45) is 0 Å². The number of thioether (sulfide) groups is 1. The minimum atomic E-state index is -1.78. The number of amides is 2. The van der Waals surface area contributed by atoms with Gasteiger partial charge in [0.2, 0.25) is 11.6 Å². The van der Waals surface area contributed by atoms with Gasteiger partial charge in [-0.05, 0) is 51.9 Å². The molecular weight excluding hydrogens is 456 g/mol. The molecule has 9 heteroatoms. The summed E-state index contributed by atoms with van der Waals surface area (Å²) in [4.78, 5) is 43.9. The van der Waals surface area contributed by atoms with Gasteiger partial charge in [-0.3, -0.25) is 9.69 Å². The van der Waals surface area contributed by atoms with Gasteiger partial charge in [-0.15, -0.1) is 0 Å². The topological polar surface area (TPSA) is 85.4 Å². The van der Waals surface area contributed by atoms with Crippen molar-refractivity contribution in [3.05, 3.63) is 35.9 Å². The number of carbonyl (C=O) groups is 3. The molecule has 1 aromatic rings. The zero-order valence-electron chi connectivity index (χ0n) is 21.2. The first kappa shape index (κ1) is 28.1. The molecule has 2 atom stereocenters. The molecule has 0 N–H and O–H groups in total. The van der Waals surface area contributed by atoms with Crippen LogP contribution in [0.5, 0.6) is 0 Å². The molecule has 1 heterocycles. The summed E-state index contributed by atoms with van der Waals surface area (Å²) in [6.45, 7) is 6.22. The predicted octanol–water partition coefficient (Wildman–Crippen LogP) is 3.73. The Morgan fingerprint density at radius 1 is 1.09 bits per heavy atom. The summed E-state index contributed by atoms with van der Waals surface area (Å²) >= 11 is 1.46. The molecule has 34 heavy (non-hydrogen) atoms. The lowest BCUT2D eigenvalue weighted by Gasteiger charge is -2.49. The Morgan fingerprint density at radius 2 is 1.71 bits per heavy atom. The molecule has 190 valence electrons. The monoisotopic (exact) mass is 494 g/mol. The van der Waals surface area contributed by atoms with Crippen LogP contribution in [0, 0.1) is 0 Å². The van der Waals surface area contributed by atoms with Gasteiger partial charge < -0.3 is 14.2 Å². The van der Waals surface area contributed by atoms with Crippen LogP contribution >= 0.6 is 11.8 Å². The highest BCUT2D eigenvalue weighted by atomic mass is 32.2. The van der Waals surface area contributed by atoms with E-state index in [-0.39, 0.29) is 6.42 Å². The summed E-state index contributed by atoms with van der Waals surface area (Å²) in [5, 5.41) is 0. The zero-order valence-corrected chi connectivity index (χ0v) is 22.0. The van der Waals surface area contributed by atoms with Gasteiger partial charge in [-0.25, -0.2) is 14.5 Å². The smallest absolute Gasteiger partial charge is 0.419 e. The second-order valence-corrected chi connectivity index (χ2v) is 10.2. The molecule has 1 aromatic carbocycles. The Morgan fingerprint density at radius 3 is 2.21 bits per heavy atom. The lowest BCUT2D eigenvalue weighted by Crippen LogP contribution is -2.74. The van der Waals surface area contributed by atoms with E-state index in [4.69, 9.17) is 14.2 Å². The van der Waals surface area contributed by atoms with Crippen LogP contribution in [0.4, 0.5) is 4.79 Å². The van der Waals surface area contributed by atoms with Crippen LogP contribution in [0.1, 0.15) is 45.6 Å². The molecule has 2 amide bonds. The quantitative estimate of drug-likeness (QED) is 0.455. The number of carbonyl (C=O) groups excluding carboxylic acids is 3. The first-order valence-electron chi connectivity index (χ1n) is 11.6. The third kappa shape index (κ3) is 6.52. The number of benzene rings is 1. The van der Waals surface area contributed by atoms with Gasteiger partial charge in [-0.1, -0.05) is 30.3 Å². The highest BCUT2D eigenvalue weighted by molar-refractivity contribution is 7.98. The van der Waals surface area contributed by atoms with Crippen LogP contribution in [-0.4, -0.2) is 84.5 Å². The normalized spacial score (nSPS) is 17.0. The number of ether oxygens (including phenoxy) is 3. The van der Waals surface area contributed by atoms with Crippen LogP contribution in [0.25, 0.3) is 0 Å². The Balaban J connectivity index is 2.63. The summed E-state index contributed by atoms with van der Waals surface area (Å²) in [6, 6.07) is 9.54. The molecular formula is C25H38N2O6S. The van der Waals surface area contributed by atoms with Crippen LogP contribution in [0.3, 0.4) is 0 Å². The SMILES string of the molecule is COC(=O)[C@@](C(CSC)OC)(N1CCCC1)N(C(=O)CCc1ccccc1)C(=O)OC(C)(C)C. The van der Waals surface area contributed by atoms with Gasteiger partial charge >= 0.3 is 12.1 Å². The molecule has 1 fully saturated rings. The van der Waals surface area contributed by atoms with E-state index in [1.807, 2.05) is 41.5 Å². The predicted molar refractivity (Wildman–Crippen MR) is 133 cm³/mol. The van der Waals surface area contributed by atoms with Crippen molar-refractivity contribution in [1.82, 2.24) is 9.80 Å². The molecule has 0 saturated carbocycles. The molecule has 1 saturated heterocycles. The van der Waals surface area contributed by atoms with E-state index < -0.39 is 35.3 Å².